The predicted octanol–water partition coefficient (Wildman–Crippen LogP) is 6.03. The molecule has 0 saturated heterocycles. The third kappa shape index (κ3) is 6.37. The van der Waals surface area contributed by atoms with Gasteiger partial charge in [0.05, 0.1) is 22.8 Å². The first-order chi connectivity index (χ1) is 16.4. The molecule has 0 radical (unpaired) electrons. The number of carbonyl (C=O) groups is 1. The van der Waals surface area contributed by atoms with Crippen LogP contribution < -0.4 is 10.6 Å². The second kappa shape index (κ2) is 10.6. The van der Waals surface area contributed by atoms with Crippen molar-refractivity contribution in [3.8, 4) is 0 Å². The van der Waals surface area contributed by atoms with Crippen molar-refractivity contribution in [3.05, 3.63) is 103 Å². The van der Waals surface area contributed by atoms with E-state index in [9.17, 15) is 9.90 Å². The van der Waals surface area contributed by atoms with E-state index >= 15 is 0 Å². The minimum Gasteiger partial charge on any atom is -0.384 e. The fourth-order valence-corrected chi connectivity index (χ4v) is 3.19. The highest BCUT2D eigenvalue weighted by Gasteiger charge is 2.08. The number of aryl methyl sites for hydroxylation is 1. The van der Waals surface area contributed by atoms with Crippen LogP contribution in [0.5, 0.6) is 0 Å². The normalized spacial score (nSPS) is 13.4. The van der Waals surface area contributed by atoms with Crippen LogP contribution in [-0.2, 0) is 4.79 Å². The van der Waals surface area contributed by atoms with Gasteiger partial charge >= 0.3 is 0 Å². The Hall–Kier alpha value is -4.29. The number of nitrogens with one attached hydrogen (secondary N) is 2. The molecule has 4 rings (SSSR count). The number of aliphatic imine (C=N–C) groups is 2. The van der Waals surface area contributed by atoms with Gasteiger partial charge in [-0.15, -0.1) is 0 Å². The van der Waals surface area contributed by atoms with E-state index in [1.54, 1.807) is 12.1 Å². The van der Waals surface area contributed by atoms with Crippen molar-refractivity contribution in [2.24, 2.45) is 9.98 Å². The molecule has 6 nitrogen and oxygen atoms in total. The lowest BCUT2D eigenvalue weighted by Crippen LogP contribution is -2.24. The number of hydrogen-bond donors (Lipinski definition) is 3. The second-order valence-electron chi connectivity index (χ2n) is 7.99. The largest absolute Gasteiger partial charge is 0.384 e. The standard InChI is InChI=1S/C28H26N4O2/c1-19-3-5-21(6-4-19)29-22-7-9-23(10-8-22)30-24-11-13-25(14-12-24)31-26-15-17-27(18-16-26)32-28(34)20(2)33/h3-18,20,31,33H,1-2H3,(H,32,34). The van der Waals surface area contributed by atoms with E-state index < -0.39 is 12.0 Å². The molecular weight excluding hydrogens is 424 g/mol. The summed E-state index contributed by atoms with van der Waals surface area (Å²) in [5.41, 5.74) is 7.17. The second-order valence-corrected chi connectivity index (χ2v) is 7.99. The topological polar surface area (TPSA) is 86.1 Å². The fourth-order valence-electron chi connectivity index (χ4n) is 3.19. The smallest absolute Gasteiger partial charge is 0.252 e. The molecular formula is C28H26N4O2. The summed E-state index contributed by atoms with van der Waals surface area (Å²) in [7, 11) is 0. The van der Waals surface area contributed by atoms with Gasteiger partial charge in [-0.1, -0.05) is 17.7 Å². The number of anilines is 3. The highest BCUT2D eigenvalue weighted by molar-refractivity contribution is 6.19. The van der Waals surface area contributed by atoms with Crippen LogP contribution in [0.15, 0.2) is 107 Å². The monoisotopic (exact) mass is 450 g/mol. The molecule has 6 heteroatoms. The van der Waals surface area contributed by atoms with Gasteiger partial charge in [0.15, 0.2) is 0 Å². The summed E-state index contributed by atoms with van der Waals surface area (Å²) in [5.74, 6) is -0.435. The molecule has 1 unspecified atom stereocenters. The Morgan fingerprint density at radius 1 is 0.706 bits per heavy atom. The molecule has 1 aliphatic carbocycles. The molecule has 3 aromatic rings. The van der Waals surface area contributed by atoms with Gasteiger partial charge in [-0.05, 0) is 98.8 Å². The van der Waals surface area contributed by atoms with Gasteiger partial charge in [-0.25, -0.2) is 9.98 Å². The number of nitrogens with zero attached hydrogens (tertiary/aromatic N) is 2. The quantitative estimate of drug-likeness (QED) is 0.401. The molecule has 1 aliphatic rings. The SMILES string of the molecule is Cc1ccc(N=C2C=CC(=Nc3ccc(Nc4ccc(NC(=O)C(C)O)cc4)cc3)C=C2)cc1. The van der Waals surface area contributed by atoms with Crippen molar-refractivity contribution < 1.29 is 9.90 Å². The van der Waals surface area contributed by atoms with E-state index in [0.29, 0.717) is 5.69 Å². The van der Waals surface area contributed by atoms with E-state index in [1.807, 2.05) is 72.8 Å². The summed E-state index contributed by atoms with van der Waals surface area (Å²) in [4.78, 5) is 20.9. The third-order valence-corrected chi connectivity index (χ3v) is 5.09. The van der Waals surface area contributed by atoms with Gasteiger partial charge in [0.25, 0.3) is 5.91 Å². The Bertz CT molecular complexity index is 1250. The zero-order chi connectivity index (χ0) is 23.9. The lowest BCUT2D eigenvalue weighted by molar-refractivity contribution is -0.123. The van der Waals surface area contributed by atoms with Crippen LogP contribution in [0.3, 0.4) is 0 Å². The van der Waals surface area contributed by atoms with E-state index in [-0.39, 0.29) is 0 Å². The molecule has 170 valence electrons. The number of amides is 1. The highest BCUT2D eigenvalue weighted by Crippen LogP contribution is 2.22. The number of rotatable bonds is 6. The zero-order valence-corrected chi connectivity index (χ0v) is 19.1. The van der Waals surface area contributed by atoms with E-state index in [2.05, 4.69) is 39.7 Å². The van der Waals surface area contributed by atoms with Crippen LogP contribution in [0.4, 0.5) is 28.4 Å². The van der Waals surface area contributed by atoms with E-state index in [1.165, 1.54) is 12.5 Å². The van der Waals surface area contributed by atoms with E-state index in [4.69, 9.17) is 0 Å². The Kier molecular flexibility index (Phi) is 7.10. The average Bonchev–Trinajstić information content (AvgIpc) is 2.84. The van der Waals surface area contributed by atoms with Gasteiger partial charge in [0.2, 0.25) is 0 Å². The first-order valence-electron chi connectivity index (χ1n) is 11.0. The van der Waals surface area contributed by atoms with Crippen molar-refractivity contribution in [1.82, 2.24) is 0 Å². The Balaban J connectivity index is 1.35. The first kappa shape index (κ1) is 22.9. The van der Waals surface area contributed by atoms with E-state index in [0.717, 1.165) is 34.2 Å². The molecule has 1 atom stereocenters. The summed E-state index contributed by atoms with van der Waals surface area (Å²) in [5, 5.41) is 15.2. The molecule has 0 aromatic heterocycles. The molecule has 0 bridgehead atoms. The summed E-state index contributed by atoms with van der Waals surface area (Å²) < 4.78 is 0. The third-order valence-electron chi connectivity index (χ3n) is 5.09. The van der Waals surface area contributed by atoms with Gasteiger partial charge in [0.1, 0.15) is 6.10 Å². The number of hydrogen-bond acceptors (Lipinski definition) is 5. The van der Waals surface area contributed by atoms with Gasteiger partial charge in [-0.2, -0.15) is 0 Å². The highest BCUT2D eigenvalue weighted by atomic mass is 16.3. The van der Waals surface area contributed by atoms with Crippen LogP contribution in [0, 0.1) is 6.92 Å². The van der Waals surface area contributed by atoms with Crippen LogP contribution >= 0.6 is 0 Å². The summed E-state index contributed by atoms with van der Waals surface area (Å²) in [6, 6.07) is 23.2. The number of carbonyl (C=O) groups excluding carboxylic acids is 1. The zero-order valence-electron chi connectivity index (χ0n) is 19.1. The van der Waals surface area contributed by atoms with Gasteiger partial charge in [-0.3, -0.25) is 4.79 Å². The maximum absolute atomic E-state index is 11.6. The molecule has 1 amide bonds. The molecule has 3 aromatic carbocycles. The minimum absolute atomic E-state index is 0.435. The van der Waals surface area contributed by atoms with Crippen LogP contribution in [0.1, 0.15) is 12.5 Å². The summed E-state index contributed by atoms with van der Waals surface area (Å²) in [6.45, 7) is 3.49. The van der Waals surface area contributed by atoms with Crippen LogP contribution in [0.2, 0.25) is 0 Å². The predicted molar refractivity (Wildman–Crippen MR) is 140 cm³/mol. The van der Waals surface area contributed by atoms with Crippen molar-refractivity contribution in [2.45, 2.75) is 20.0 Å². The number of allylic oxidation sites excluding steroid dienone is 4. The molecule has 0 aliphatic heterocycles. The number of aliphatic hydroxyl groups is 1. The molecule has 0 heterocycles. The summed E-state index contributed by atoms with van der Waals surface area (Å²) >= 11 is 0. The Morgan fingerprint density at radius 2 is 1.12 bits per heavy atom. The summed E-state index contributed by atoms with van der Waals surface area (Å²) in [6.07, 6.45) is 6.78. The van der Waals surface area contributed by atoms with Gasteiger partial charge in [0, 0.05) is 17.1 Å². The molecule has 0 spiro atoms. The van der Waals surface area contributed by atoms with Crippen LogP contribution in [0.25, 0.3) is 0 Å². The maximum Gasteiger partial charge on any atom is 0.252 e. The van der Waals surface area contributed by atoms with Gasteiger partial charge < -0.3 is 15.7 Å². The van der Waals surface area contributed by atoms with Crippen molar-refractivity contribution >= 4 is 45.8 Å². The lowest BCUT2D eigenvalue weighted by Gasteiger charge is -2.10. The van der Waals surface area contributed by atoms with Crippen molar-refractivity contribution in [1.29, 1.82) is 0 Å². The molecule has 0 fully saturated rings. The number of benzene rings is 3. The average molecular weight is 451 g/mol. The van der Waals surface area contributed by atoms with Crippen molar-refractivity contribution in [2.75, 3.05) is 10.6 Å². The number of aliphatic hydroxyl groups excluding tert-OH is 1. The molecule has 0 saturated carbocycles. The Morgan fingerprint density at radius 3 is 1.59 bits per heavy atom. The minimum atomic E-state index is -1.05. The Labute approximate surface area is 199 Å². The fraction of sp³-hybridized carbons (Fsp3) is 0.107. The van der Waals surface area contributed by atoms with Crippen molar-refractivity contribution in [3.63, 3.8) is 0 Å². The molecule has 34 heavy (non-hydrogen) atoms. The first-order valence-corrected chi connectivity index (χ1v) is 11.0. The van der Waals surface area contributed by atoms with Crippen LogP contribution in [-0.4, -0.2) is 28.5 Å². The maximum atomic E-state index is 11.6. The molecule has 3 N–H and O–H groups in total. The lowest BCUT2D eigenvalue weighted by atomic mass is 10.1.